The molecule has 5 heterocycles. The second kappa shape index (κ2) is 23.6. The van der Waals surface area contributed by atoms with Crippen LogP contribution in [-0.2, 0) is 29.0 Å². The van der Waals surface area contributed by atoms with Gasteiger partial charge in [0.15, 0.2) is 11.6 Å². The van der Waals surface area contributed by atoms with Gasteiger partial charge in [0.25, 0.3) is 5.91 Å². The molecular weight excluding hydrogens is 863 g/mol. The number of thioether (sulfide) groups is 1. The van der Waals surface area contributed by atoms with Crippen molar-refractivity contribution in [1.82, 2.24) is 40.9 Å². The van der Waals surface area contributed by atoms with E-state index in [0.717, 1.165) is 102 Å². The number of amides is 4. The van der Waals surface area contributed by atoms with E-state index in [1.807, 2.05) is 17.8 Å². The number of ether oxygens (including phenoxy) is 4. The number of benzene rings is 1. The first-order valence-electron chi connectivity index (χ1n) is 23.0. The van der Waals surface area contributed by atoms with E-state index in [2.05, 4.69) is 45.8 Å². The highest BCUT2D eigenvalue weighted by molar-refractivity contribution is 8.00. The van der Waals surface area contributed by atoms with Crippen LogP contribution in [-0.4, -0.2) is 162 Å². The minimum Gasteiger partial charge on any atom is -0.451 e. The van der Waals surface area contributed by atoms with Crippen LogP contribution >= 0.6 is 11.8 Å². The Morgan fingerprint density at radius 1 is 0.906 bits per heavy atom. The summed E-state index contributed by atoms with van der Waals surface area (Å²) in [6.45, 7) is 8.09. The molecule has 1 saturated carbocycles. The number of hydrogen-bond donors (Lipinski definition) is 5. The van der Waals surface area contributed by atoms with Gasteiger partial charge in [-0.05, 0) is 82.5 Å². The number of hydrogen-bond acceptors (Lipinski definition) is 14. The van der Waals surface area contributed by atoms with Gasteiger partial charge in [-0.1, -0.05) is 18.6 Å². The zero-order valence-corrected chi connectivity index (χ0v) is 38.7. The first kappa shape index (κ1) is 48.2. The Morgan fingerprint density at radius 3 is 2.34 bits per heavy atom. The number of rotatable bonds is 25. The molecule has 1 aromatic heterocycles. The number of urea groups is 1. The molecule has 7 rings (SSSR count). The van der Waals surface area contributed by atoms with Crippen LogP contribution < -0.4 is 35.6 Å². The van der Waals surface area contributed by atoms with E-state index >= 15 is 0 Å². The lowest BCUT2D eigenvalue weighted by Crippen LogP contribution is -2.61. The molecule has 4 saturated heterocycles. The summed E-state index contributed by atoms with van der Waals surface area (Å²) in [6, 6.07) is 7.57. The van der Waals surface area contributed by atoms with Gasteiger partial charge < -0.3 is 50.0 Å². The van der Waals surface area contributed by atoms with Crippen molar-refractivity contribution in [3.05, 3.63) is 42.4 Å². The highest BCUT2D eigenvalue weighted by Crippen LogP contribution is 2.45. The van der Waals surface area contributed by atoms with Crippen LogP contribution in [0.1, 0.15) is 74.6 Å². The Balaban J connectivity index is 0.706. The van der Waals surface area contributed by atoms with Gasteiger partial charge >= 0.3 is 6.03 Å². The average Bonchev–Trinajstić information content (AvgIpc) is 3.83. The summed E-state index contributed by atoms with van der Waals surface area (Å²) in [5.74, 6) is 2.96. The molecule has 18 nitrogen and oxygen atoms in total. The molecule has 0 radical (unpaired) electrons. The lowest BCUT2D eigenvalue weighted by Gasteiger charge is -2.54. The Kier molecular flexibility index (Phi) is 17.8. The summed E-state index contributed by atoms with van der Waals surface area (Å²) >= 11 is 1.89. The predicted molar refractivity (Wildman–Crippen MR) is 244 cm³/mol. The van der Waals surface area contributed by atoms with Crippen LogP contribution in [0.5, 0.6) is 11.5 Å². The van der Waals surface area contributed by atoms with Crippen LogP contribution in [0, 0.1) is 11.3 Å². The number of nitrogens with one attached hydrogen (secondary N) is 5. The van der Waals surface area contributed by atoms with Crippen LogP contribution in [0.3, 0.4) is 0 Å². The van der Waals surface area contributed by atoms with Gasteiger partial charge in [0.1, 0.15) is 12.1 Å². The van der Waals surface area contributed by atoms with E-state index in [1.165, 1.54) is 12.6 Å². The third-order valence-corrected chi connectivity index (χ3v) is 15.2. The monoisotopic (exact) mass is 929 g/mol. The fourth-order valence-electron chi connectivity index (χ4n) is 9.55. The smallest absolute Gasteiger partial charge is 0.315 e. The number of piperidine rings is 1. The second-order valence-corrected chi connectivity index (χ2v) is 20.9. The fraction of sp³-hybridized carbons (Fsp3) is 0.705. The van der Waals surface area contributed by atoms with Gasteiger partial charge in [0.05, 0.1) is 69.7 Å². The average molecular weight is 930 g/mol. The van der Waals surface area contributed by atoms with Gasteiger partial charge in [-0.2, -0.15) is 11.8 Å². The summed E-state index contributed by atoms with van der Waals surface area (Å²) in [4.78, 5) is 50.6. The van der Waals surface area contributed by atoms with E-state index in [1.54, 1.807) is 24.4 Å². The lowest BCUT2D eigenvalue weighted by molar-refractivity contribution is -0.121. The summed E-state index contributed by atoms with van der Waals surface area (Å²) < 4.78 is 49.2. The van der Waals surface area contributed by atoms with Crippen molar-refractivity contribution in [3.63, 3.8) is 0 Å². The minimum atomic E-state index is -3.16. The molecule has 5 aliphatic rings. The Morgan fingerprint density at radius 2 is 1.61 bits per heavy atom. The maximum Gasteiger partial charge on any atom is 0.315 e. The van der Waals surface area contributed by atoms with E-state index in [0.29, 0.717) is 87.4 Å². The van der Waals surface area contributed by atoms with Crippen LogP contribution in [0.15, 0.2) is 36.8 Å². The number of anilines is 1. The fourth-order valence-corrected chi connectivity index (χ4v) is 11.9. The van der Waals surface area contributed by atoms with Gasteiger partial charge in [0.2, 0.25) is 15.9 Å². The Bertz CT molecular complexity index is 1940. The van der Waals surface area contributed by atoms with Crippen molar-refractivity contribution in [2.45, 2.75) is 87.6 Å². The molecule has 1 aliphatic carbocycles. The maximum absolute atomic E-state index is 13.2. The van der Waals surface area contributed by atoms with Gasteiger partial charge in [-0.3, -0.25) is 9.59 Å². The summed E-state index contributed by atoms with van der Waals surface area (Å²) in [5, 5.41) is 12.2. The SMILES string of the molecule is CS(=O)(=O)NC1CCC(CN2CCC3(CC2)CN(c2ncncc2Oc2ccccc2C(=O)NCCOCCOCCOCCNC(=O)CCCC[C@@H]2SC[C@@H]4NC(=O)N[C@@H]42)C3)CC1. The van der Waals surface area contributed by atoms with Crippen LogP contribution in [0.2, 0.25) is 0 Å². The summed E-state index contributed by atoms with van der Waals surface area (Å²) in [5.41, 5.74) is 0.648. The molecule has 0 bridgehead atoms. The van der Waals surface area contributed by atoms with Crippen molar-refractivity contribution in [1.29, 1.82) is 0 Å². The summed E-state index contributed by atoms with van der Waals surface area (Å²) in [6.07, 6.45) is 13.9. The second-order valence-electron chi connectivity index (χ2n) is 17.9. The van der Waals surface area contributed by atoms with E-state index in [9.17, 15) is 22.8 Å². The number of para-hydroxylation sites is 1. The Labute approximate surface area is 381 Å². The van der Waals surface area contributed by atoms with Gasteiger partial charge in [-0.25, -0.2) is 27.9 Å². The molecular formula is C44H67N9O9S2. The number of aromatic nitrogens is 2. The predicted octanol–water partition coefficient (Wildman–Crippen LogP) is 2.90. The molecule has 64 heavy (non-hydrogen) atoms. The quantitative estimate of drug-likeness (QED) is 0.0716. The van der Waals surface area contributed by atoms with Crippen LogP contribution in [0.25, 0.3) is 0 Å². The van der Waals surface area contributed by atoms with Crippen molar-refractivity contribution in [2.24, 2.45) is 11.3 Å². The number of fused-ring (bicyclic) bond motifs is 1. The molecule has 354 valence electrons. The topological polar surface area (TPSA) is 215 Å². The largest absolute Gasteiger partial charge is 0.451 e. The van der Waals surface area contributed by atoms with Crippen LogP contribution in [0.4, 0.5) is 10.6 Å². The van der Waals surface area contributed by atoms with Crippen molar-refractivity contribution in [2.75, 3.05) is 102 Å². The molecule has 4 amide bonds. The molecule has 0 unspecified atom stereocenters. The molecule has 20 heteroatoms. The minimum absolute atomic E-state index is 0.0228. The normalized spacial score (nSPS) is 24.1. The number of nitrogens with zero attached hydrogens (tertiary/aromatic N) is 4. The van der Waals surface area contributed by atoms with Gasteiger partial charge in [-0.15, -0.1) is 0 Å². The van der Waals surface area contributed by atoms with Crippen molar-refractivity contribution < 1.29 is 41.7 Å². The molecule has 5 N–H and O–H groups in total. The van der Waals surface area contributed by atoms with E-state index < -0.39 is 10.0 Å². The number of unbranched alkanes of at least 4 members (excludes halogenated alkanes) is 1. The molecule has 2 aromatic rings. The van der Waals surface area contributed by atoms with Gasteiger partial charge in [0, 0.05) is 61.6 Å². The summed E-state index contributed by atoms with van der Waals surface area (Å²) in [7, 11) is -3.16. The number of likely N-dealkylation sites (tertiary alicyclic amines) is 1. The first-order valence-corrected chi connectivity index (χ1v) is 25.9. The number of sulfonamides is 1. The van der Waals surface area contributed by atoms with E-state index in [4.69, 9.17) is 18.9 Å². The third kappa shape index (κ3) is 14.4. The standard InChI is InChI=1S/C44H67N9O9S2/c1-64(57,58)51-33-12-10-32(11-13-33)27-52-18-14-44(15-19-52)29-53(30-44)41-37(26-45-31-48-41)62-36-7-3-2-6-34(36)42(55)47-17-21-60-23-25-61-24-22-59-20-16-46-39(54)9-5-4-8-38-40-35(28-63-38)49-43(56)50-40/h2-3,6-7,26,31-33,35,38,40,51H,4-5,8-25,27-30H2,1H3,(H,46,54)(H,47,55)(H2,49,50,56)/t32?,33?,35-,38-,40-/m0/s1. The van der Waals surface area contributed by atoms with Crippen molar-refractivity contribution in [3.8, 4) is 11.5 Å². The molecule has 4 aliphatic heterocycles. The lowest BCUT2D eigenvalue weighted by atomic mass is 9.71. The van der Waals surface area contributed by atoms with Crippen molar-refractivity contribution >= 4 is 45.4 Å². The Hall–Kier alpha value is -3.79. The molecule has 3 atom stereocenters. The zero-order valence-electron chi connectivity index (χ0n) is 37.1. The highest BCUT2D eigenvalue weighted by atomic mass is 32.2. The maximum atomic E-state index is 13.2. The molecule has 1 aromatic carbocycles. The number of carbonyl (C=O) groups is 3. The highest BCUT2D eigenvalue weighted by Gasteiger charge is 2.46. The molecule has 5 fully saturated rings. The molecule has 1 spiro atoms. The number of carbonyl (C=O) groups excluding carboxylic acids is 3. The zero-order chi connectivity index (χ0) is 44.8. The first-order chi connectivity index (χ1) is 31.0. The van der Waals surface area contributed by atoms with E-state index in [-0.39, 0.29) is 41.4 Å². The third-order valence-electron chi connectivity index (χ3n) is 12.9.